The number of fused-ring (bicyclic) bond motifs is 1. The largest absolute Gasteiger partial charge is 0.129 e. The number of alkyl halides is 1. The van der Waals surface area contributed by atoms with Gasteiger partial charge in [0.1, 0.15) is 0 Å². The molecule has 0 saturated heterocycles. The molecular weight excluding hydrogens is 315 g/mol. The van der Waals surface area contributed by atoms with Crippen molar-refractivity contribution in [1.29, 1.82) is 0 Å². The Labute approximate surface area is 100 Å². The van der Waals surface area contributed by atoms with Crippen molar-refractivity contribution in [2.45, 2.75) is 12.8 Å². The predicted octanol–water partition coefficient (Wildman–Crippen LogP) is 4.55. The zero-order valence-electron chi connectivity index (χ0n) is 7.10. The minimum atomic E-state index is 0.602. The van der Waals surface area contributed by atoms with Gasteiger partial charge >= 0.3 is 0 Å². The van der Waals surface area contributed by atoms with E-state index in [-0.39, 0.29) is 0 Å². The molecule has 0 unspecified atom stereocenters. The van der Waals surface area contributed by atoms with Gasteiger partial charge in [0.15, 0.2) is 0 Å². The fourth-order valence-electron chi connectivity index (χ4n) is 1.43. The maximum Gasteiger partial charge on any atom is 0.0666 e. The summed E-state index contributed by atoms with van der Waals surface area (Å²) in [7, 11) is 0. The molecule has 0 N–H and O–H groups in total. The molecule has 2 rings (SSSR count). The van der Waals surface area contributed by atoms with E-state index in [0.29, 0.717) is 5.88 Å². The van der Waals surface area contributed by atoms with E-state index in [1.165, 1.54) is 24.1 Å². The highest BCUT2D eigenvalue weighted by Crippen LogP contribution is 2.30. The molecule has 0 atom stereocenters. The predicted molar refractivity (Wildman–Crippen MR) is 68.8 cm³/mol. The third kappa shape index (κ3) is 1.85. The fourth-order valence-corrected chi connectivity index (χ4v) is 3.54. The first-order valence-corrected chi connectivity index (χ1v) is 6.38. The van der Waals surface area contributed by atoms with Gasteiger partial charge in [-0.05, 0) is 58.2 Å². The fraction of sp³-hybridized carbons (Fsp3) is 0.200. The minimum absolute atomic E-state index is 0.602. The van der Waals surface area contributed by atoms with Crippen molar-refractivity contribution in [3.63, 3.8) is 0 Å². The normalized spacial score (nSPS) is 11.0. The smallest absolute Gasteiger partial charge is 0.0666 e. The standard InChI is InChI=1S/C10H8ClIS/c1-6-2-7(5-11)3-9-8(6)4-10(12)13-9/h2-4H,5H2,1H3. The third-order valence-corrected chi connectivity index (χ3v) is 4.18. The van der Waals surface area contributed by atoms with Gasteiger partial charge in [0.2, 0.25) is 0 Å². The highest BCUT2D eigenvalue weighted by atomic mass is 127. The quantitative estimate of drug-likeness (QED) is 0.533. The summed E-state index contributed by atoms with van der Waals surface area (Å²) in [5.41, 5.74) is 2.54. The van der Waals surface area contributed by atoms with Gasteiger partial charge in [-0.2, -0.15) is 0 Å². The molecule has 0 spiro atoms. The van der Waals surface area contributed by atoms with Crippen LogP contribution in [0.1, 0.15) is 11.1 Å². The number of halogens is 2. The lowest BCUT2D eigenvalue weighted by Crippen LogP contribution is -1.79. The second-order valence-electron chi connectivity index (χ2n) is 3.01. The molecule has 1 aromatic heterocycles. The third-order valence-electron chi connectivity index (χ3n) is 2.03. The van der Waals surface area contributed by atoms with Gasteiger partial charge in [0.25, 0.3) is 0 Å². The van der Waals surface area contributed by atoms with Crippen LogP contribution in [-0.2, 0) is 5.88 Å². The number of hydrogen-bond donors (Lipinski definition) is 0. The average molecular weight is 323 g/mol. The van der Waals surface area contributed by atoms with Gasteiger partial charge in [0, 0.05) is 10.6 Å². The van der Waals surface area contributed by atoms with Crippen molar-refractivity contribution >= 4 is 55.6 Å². The second-order valence-corrected chi connectivity index (χ2v) is 6.25. The molecule has 0 radical (unpaired) electrons. The lowest BCUT2D eigenvalue weighted by Gasteiger charge is -1.99. The van der Waals surface area contributed by atoms with Crippen molar-refractivity contribution in [2.75, 3.05) is 0 Å². The van der Waals surface area contributed by atoms with Crippen LogP contribution in [0.2, 0.25) is 0 Å². The molecule has 0 aliphatic rings. The molecule has 3 heteroatoms. The van der Waals surface area contributed by atoms with Crippen LogP contribution in [0.3, 0.4) is 0 Å². The number of benzene rings is 1. The number of rotatable bonds is 1. The van der Waals surface area contributed by atoms with Gasteiger partial charge in [-0.1, -0.05) is 6.07 Å². The zero-order chi connectivity index (χ0) is 9.42. The second kappa shape index (κ2) is 3.75. The van der Waals surface area contributed by atoms with E-state index in [1.54, 1.807) is 0 Å². The monoisotopic (exact) mass is 322 g/mol. The molecular formula is C10H8ClIS. The van der Waals surface area contributed by atoms with Crippen LogP contribution in [0.15, 0.2) is 18.2 Å². The van der Waals surface area contributed by atoms with E-state index in [4.69, 9.17) is 11.6 Å². The van der Waals surface area contributed by atoms with E-state index in [9.17, 15) is 0 Å². The Morgan fingerprint density at radius 3 is 2.85 bits per heavy atom. The Balaban J connectivity index is 2.75. The minimum Gasteiger partial charge on any atom is -0.129 e. The van der Waals surface area contributed by atoms with Crippen LogP contribution in [0.5, 0.6) is 0 Å². The molecule has 1 aromatic carbocycles. The van der Waals surface area contributed by atoms with Crippen LogP contribution < -0.4 is 0 Å². The van der Waals surface area contributed by atoms with Crippen LogP contribution in [0.4, 0.5) is 0 Å². The van der Waals surface area contributed by atoms with E-state index in [0.717, 1.165) is 0 Å². The molecule has 0 aliphatic heterocycles. The summed E-state index contributed by atoms with van der Waals surface area (Å²) in [5.74, 6) is 0.602. The van der Waals surface area contributed by atoms with Gasteiger partial charge in [-0.25, -0.2) is 0 Å². The van der Waals surface area contributed by atoms with Crippen molar-refractivity contribution in [3.05, 3.63) is 32.2 Å². The lowest BCUT2D eigenvalue weighted by atomic mass is 10.1. The first-order chi connectivity index (χ1) is 6.20. The van der Waals surface area contributed by atoms with Gasteiger partial charge < -0.3 is 0 Å². The summed E-state index contributed by atoms with van der Waals surface area (Å²) in [6.45, 7) is 2.14. The number of hydrogen-bond acceptors (Lipinski definition) is 1. The summed E-state index contributed by atoms with van der Waals surface area (Å²) >= 11 is 9.99. The van der Waals surface area contributed by atoms with Crippen molar-refractivity contribution < 1.29 is 0 Å². The van der Waals surface area contributed by atoms with Gasteiger partial charge in [0.05, 0.1) is 2.88 Å². The SMILES string of the molecule is Cc1cc(CCl)cc2sc(I)cc12. The molecule has 0 fully saturated rings. The van der Waals surface area contributed by atoms with E-state index in [1.807, 2.05) is 11.3 Å². The van der Waals surface area contributed by atoms with Crippen LogP contribution in [0, 0.1) is 9.81 Å². The van der Waals surface area contributed by atoms with Gasteiger partial charge in [-0.3, -0.25) is 0 Å². The maximum atomic E-state index is 5.81. The summed E-state index contributed by atoms with van der Waals surface area (Å²) in [4.78, 5) is 0. The molecule has 0 bridgehead atoms. The van der Waals surface area contributed by atoms with Crippen molar-refractivity contribution in [3.8, 4) is 0 Å². The Morgan fingerprint density at radius 2 is 2.15 bits per heavy atom. The van der Waals surface area contributed by atoms with Crippen molar-refractivity contribution in [1.82, 2.24) is 0 Å². The summed E-state index contributed by atoms with van der Waals surface area (Å²) in [5, 5.41) is 1.36. The summed E-state index contributed by atoms with van der Waals surface area (Å²) in [6, 6.07) is 6.58. The molecule has 1 heterocycles. The molecule has 0 aliphatic carbocycles. The first-order valence-electron chi connectivity index (χ1n) is 3.95. The average Bonchev–Trinajstić information content (AvgIpc) is 2.46. The summed E-state index contributed by atoms with van der Waals surface area (Å²) < 4.78 is 2.68. The Bertz CT molecular complexity index is 447. The van der Waals surface area contributed by atoms with E-state index in [2.05, 4.69) is 47.7 Å². The molecule has 0 saturated carbocycles. The Kier molecular flexibility index (Phi) is 2.81. The molecule has 68 valence electrons. The van der Waals surface area contributed by atoms with E-state index >= 15 is 0 Å². The van der Waals surface area contributed by atoms with Gasteiger partial charge in [-0.15, -0.1) is 22.9 Å². The number of aryl methyl sites for hydroxylation is 1. The maximum absolute atomic E-state index is 5.81. The molecule has 0 nitrogen and oxygen atoms in total. The molecule has 0 amide bonds. The molecule has 2 aromatic rings. The number of thiophene rings is 1. The summed E-state index contributed by atoms with van der Waals surface area (Å²) in [6.07, 6.45) is 0. The first kappa shape index (κ1) is 9.74. The highest BCUT2D eigenvalue weighted by Gasteiger charge is 2.03. The topological polar surface area (TPSA) is 0 Å². The Hall–Kier alpha value is 0.200. The van der Waals surface area contributed by atoms with E-state index < -0.39 is 0 Å². The molecule has 13 heavy (non-hydrogen) atoms. The van der Waals surface area contributed by atoms with Crippen LogP contribution in [-0.4, -0.2) is 0 Å². The van der Waals surface area contributed by atoms with Crippen LogP contribution >= 0.6 is 45.5 Å². The lowest BCUT2D eigenvalue weighted by molar-refractivity contribution is 1.39. The van der Waals surface area contributed by atoms with Crippen molar-refractivity contribution in [2.24, 2.45) is 0 Å². The van der Waals surface area contributed by atoms with Crippen LogP contribution in [0.25, 0.3) is 10.1 Å². The zero-order valence-corrected chi connectivity index (χ0v) is 10.8. The Morgan fingerprint density at radius 1 is 1.38 bits per heavy atom. The highest BCUT2D eigenvalue weighted by molar-refractivity contribution is 14.1.